The maximum atomic E-state index is 11.6. The first kappa shape index (κ1) is 15.5. The van der Waals surface area contributed by atoms with Gasteiger partial charge in [-0.1, -0.05) is 25.1 Å². The van der Waals surface area contributed by atoms with Gasteiger partial charge < -0.3 is 5.32 Å². The summed E-state index contributed by atoms with van der Waals surface area (Å²) in [5.41, 5.74) is 1.24. The van der Waals surface area contributed by atoms with Crippen LogP contribution in [0.5, 0.6) is 0 Å². The van der Waals surface area contributed by atoms with E-state index in [0.717, 1.165) is 19.4 Å². The van der Waals surface area contributed by atoms with E-state index in [1.165, 1.54) is 21.9 Å². The van der Waals surface area contributed by atoms with Gasteiger partial charge in [0.1, 0.15) is 9.84 Å². The Hall–Kier alpha value is -0.910. The smallest absolute Gasteiger partial charge is 0.148 e. The summed E-state index contributed by atoms with van der Waals surface area (Å²) >= 11 is 1.72. The van der Waals surface area contributed by atoms with E-state index in [2.05, 4.69) is 29.8 Å². The molecule has 1 aromatic heterocycles. The molecule has 0 saturated heterocycles. The maximum Gasteiger partial charge on any atom is 0.148 e. The van der Waals surface area contributed by atoms with Gasteiger partial charge in [-0.25, -0.2) is 8.42 Å². The van der Waals surface area contributed by atoms with Gasteiger partial charge in [-0.3, -0.25) is 0 Å². The van der Waals surface area contributed by atoms with Gasteiger partial charge in [0.25, 0.3) is 0 Å². The van der Waals surface area contributed by atoms with Gasteiger partial charge >= 0.3 is 0 Å². The fraction of sp³-hybridized carbons (Fsp3) is 0.467. The zero-order chi connectivity index (χ0) is 14.6. The number of nitrogens with one attached hydrogen (secondary N) is 1. The highest BCUT2D eigenvalue weighted by atomic mass is 32.2. The molecule has 0 saturated carbocycles. The van der Waals surface area contributed by atoms with Crippen LogP contribution in [-0.2, 0) is 16.3 Å². The number of benzene rings is 1. The second-order valence-corrected chi connectivity index (χ2v) is 8.30. The molecule has 0 aliphatic carbocycles. The van der Waals surface area contributed by atoms with Gasteiger partial charge in [-0.15, -0.1) is 11.3 Å². The molecule has 0 radical (unpaired) electrons. The highest BCUT2D eigenvalue weighted by Crippen LogP contribution is 2.26. The second-order valence-electron chi connectivity index (χ2n) is 5.20. The third kappa shape index (κ3) is 4.30. The number of sulfone groups is 1. The van der Waals surface area contributed by atoms with Crippen LogP contribution in [0.4, 0.5) is 0 Å². The van der Waals surface area contributed by atoms with Crippen molar-refractivity contribution in [3.8, 4) is 0 Å². The molecule has 0 spiro atoms. The Kier molecular flexibility index (Phi) is 5.18. The van der Waals surface area contributed by atoms with Crippen molar-refractivity contribution in [3.63, 3.8) is 0 Å². The van der Waals surface area contributed by atoms with Crippen LogP contribution in [-0.4, -0.2) is 33.0 Å². The summed E-state index contributed by atoms with van der Waals surface area (Å²) in [5.74, 6) is 0.192. The Bertz CT molecular complexity index is 661. The lowest BCUT2D eigenvalue weighted by atomic mass is 10.1. The zero-order valence-corrected chi connectivity index (χ0v) is 13.6. The highest BCUT2D eigenvalue weighted by Gasteiger charge is 2.17. The lowest BCUT2D eigenvalue weighted by molar-refractivity contribution is 0.531. The minimum absolute atomic E-state index is 0.0112. The second kappa shape index (κ2) is 6.70. The monoisotopic (exact) mass is 311 g/mol. The van der Waals surface area contributed by atoms with Crippen molar-refractivity contribution in [2.45, 2.75) is 25.8 Å². The van der Waals surface area contributed by atoms with Crippen LogP contribution in [0.1, 0.15) is 18.9 Å². The Balaban J connectivity index is 2.18. The minimum atomic E-state index is -2.97. The summed E-state index contributed by atoms with van der Waals surface area (Å²) in [6, 6.07) is 8.27. The lowest BCUT2D eigenvalue weighted by Crippen LogP contribution is -2.37. The van der Waals surface area contributed by atoms with Crippen molar-refractivity contribution in [2.75, 3.05) is 18.6 Å². The van der Waals surface area contributed by atoms with E-state index in [1.54, 1.807) is 11.3 Å². The van der Waals surface area contributed by atoms with Crippen LogP contribution >= 0.6 is 11.3 Å². The molecule has 0 bridgehead atoms. The average Bonchev–Trinajstić information content (AvgIpc) is 2.78. The predicted molar refractivity (Wildman–Crippen MR) is 87.3 cm³/mol. The molecule has 110 valence electrons. The van der Waals surface area contributed by atoms with Crippen LogP contribution in [0.2, 0.25) is 0 Å². The molecule has 1 heterocycles. The molecule has 0 aliphatic rings. The van der Waals surface area contributed by atoms with E-state index in [4.69, 9.17) is 0 Å². The van der Waals surface area contributed by atoms with Crippen molar-refractivity contribution in [1.82, 2.24) is 5.32 Å². The van der Waals surface area contributed by atoms with Crippen molar-refractivity contribution >= 4 is 31.3 Å². The van der Waals surface area contributed by atoms with Crippen LogP contribution in [0.15, 0.2) is 29.6 Å². The number of hydrogen-bond acceptors (Lipinski definition) is 4. The number of fused-ring (bicyclic) bond motifs is 1. The third-order valence-corrected chi connectivity index (χ3v) is 5.23. The fourth-order valence-corrected chi connectivity index (χ4v) is 4.30. The van der Waals surface area contributed by atoms with Crippen LogP contribution < -0.4 is 5.32 Å². The van der Waals surface area contributed by atoms with Crippen molar-refractivity contribution in [1.29, 1.82) is 0 Å². The first-order valence-corrected chi connectivity index (χ1v) is 9.80. The lowest BCUT2D eigenvalue weighted by Gasteiger charge is -2.17. The number of thiophene rings is 1. The molecule has 2 rings (SSSR count). The summed E-state index contributed by atoms with van der Waals surface area (Å²) in [6.45, 7) is 2.94. The highest BCUT2D eigenvalue weighted by molar-refractivity contribution is 7.90. The van der Waals surface area contributed by atoms with Gasteiger partial charge in [0.15, 0.2) is 0 Å². The first-order valence-electron chi connectivity index (χ1n) is 6.86. The van der Waals surface area contributed by atoms with E-state index in [9.17, 15) is 8.42 Å². The molecule has 1 unspecified atom stereocenters. The Morgan fingerprint density at radius 3 is 2.75 bits per heavy atom. The van der Waals surface area contributed by atoms with Crippen LogP contribution in [0, 0.1) is 0 Å². The summed E-state index contributed by atoms with van der Waals surface area (Å²) in [7, 11) is -2.97. The van der Waals surface area contributed by atoms with Crippen LogP contribution in [0.25, 0.3) is 10.1 Å². The van der Waals surface area contributed by atoms with Gasteiger partial charge in [-0.2, -0.15) is 0 Å². The summed E-state index contributed by atoms with van der Waals surface area (Å²) in [6.07, 6.45) is 3.07. The quantitative estimate of drug-likeness (QED) is 0.855. The van der Waals surface area contributed by atoms with Gasteiger partial charge in [0.2, 0.25) is 0 Å². The van der Waals surface area contributed by atoms with Gasteiger partial charge in [0.05, 0.1) is 5.75 Å². The minimum Gasteiger partial charge on any atom is -0.313 e. The molecule has 0 fully saturated rings. The Labute approximate surface area is 124 Å². The van der Waals surface area contributed by atoms with Crippen LogP contribution in [0.3, 0.4) is 0 Å². The average molecular weight is 311 g/mol. The van der Waals surface area contributed by atoms with Crippen molar-refractivity contribution in [2.24, 2.45) is 0 Å². The molecule has 3 nitrogen and oxygen atoms in total. The fourth-order valence-electron chi connectivity index (χ4n) is 2.36. The molecule has 20 heavy (non-hydrogen) atoms. The van der Waals surface area contributed by atoms with E-state index >= 15 is 0 Å². The standard InChI is InChI=1S/C15H21NO2S2/c1-3-8-16-13(11-20(2,17)18)9-12-10-19-15-7-5-4-6-14(12)15/h4-7,10,13,16H,3,8-9,11H2,1-2H3. The van der Waals surface area contributed by atoms with Gasteiger partial charge in [-0.05, 0) is 41.8 Å². The maximum absolute atomic E-state index is 11.6. The van der Waals surface area contributed by atoms with Crippen molar-refractivity contribution < 1.29 is 8.42 Å². The molecule has 5 heteroatoms. The van der Waals surface area contributed by atoms with E-state index in [1.807, 2.05) is 12.1 Å². The van der Waals surface area contributed by atoms with Crippen molar-refractivity contribution in [3.05, 3.63) is 35.2 Å². The van der Waals surface area contributed by atoms with Gasteiger partial charge in [0, 0.05) is 17.0 Å². The first-order chi connectivity index (χ1) is 9.49. The Morgan fingerprint density at radius 2 is 2.05 bits per heavy atom. The molecular formula is C15H21NO2S2. The Morgan fingerprint density at radius 1 is 1.30 bits per heavy atom. The molecule has 2 aromatic rings. The molecular weight excluding hydrogens is 290 g/mol. The molecule has 1 atom stereocenters. The number of rotatable bonds is 7. The van der Waals surface area contributed by atoms with E-state index < -0.39 is 9.84 Å². The van der Waals surface area contributed by atoms with E-state index in [0.29, 0.717) is 0 Å². The largest absolute Gasteiger partial charge is 0.313 e. The predicted octanol–water partition coefficient (Wildman–Crippen LogP) is 2.86. The normalized spacial score (nSPS) is 13.7. The number of hydrogen-bond donors (Lipinski definition) is 1. The third-order valence-electron chi connectivity index (χ3n) is 3.21. The summed E-state index contributed by atoms with van der Waals surface area (Å²) in [4.78, 5) is 0. The SMILES string of the molecule is CCCNC(Cc1csc2ccccc12)CS(C)(=O)=O. The molecule has 0 amide bonds. The topological polar surface area (TPSA) is 46.2 Å². The zero-order valence-electron chi connectivity index (χ0n) is 11.9. The molecule has 0 aliphatic heterocycles. The van der Waals surface area contributed by atoms with E-state index in [-0.39, 0.29) is 11.8 Å². The molecule has 1 N–H and O–H groups in total. The summed E-state index contributed by atoms with van der Waals surface area (Å²) in [5, 5.41) is 6.75. The molecule has 1 aromatic carbocycles. The summed E-state index contributed by atoms with van der Waals surface area (Å²) < 4.78 is 24.4.